The third kappa shape index (κ3) is 5.44. The molecule has 0 unspecified atom stereocenters. The normalized spacial score (nSPS) is 11.2. The van der Waals surface area contributed by atoms with Crippen LogP contribution < -0.4 is 9.62 Å². The maximum Gasteiger partial charge on any atom is 0.232 e. The first-order chi connectivity index (χ1) is 12.2. The smallest absolute Gasteiger partial charge is 0.232 e. The SMILES string of the molecule is Cc1ccc(Cl)cc1N(CCC(=O)NCc1ccccc1F)S(C)(=O)=O. The number of rotatable bonds is 7. The maximum absolute atomic E-state index is 13.6. The molecule has 8 heteroatoms. The fraction of sp³-hybridized carbons (Fsp3) is 0.278. The standard InChI is InChI=1S/C18H20ClFN2O3S/c1-13-7-8-15(19)11-17(13)22(26(2,24)25)10-9-18(23)21-12-14-5-3-4-6-16(14)20/h3-8,11H,9-10,12H2,1-2H3,(H,21,23). The number of carbonyl (C=O) groups is 1. The molecular formula is C18H20ClFN2O3S. The highest BCUT2D eigenvalue weighted by atomic mass is 35.5. The molecule has 5 nitrogen and oxygen atoms in total. The quantitative estimate of drug-likeness (QED) is 0.778. The molecule has 2 aromatic rings. The van der Waals surface area contributed by atoms with Crippen LogP contribution in [-0.2, 0) is 21.4 Å². The van der Waals surface area contributed by atoms with Crippen molar-refractivity contribution >= 4 is 33.2 Å². The predicted octanol–water partition coefficient (Wildman–Crippen LogP) is 3.26. The summed E-state index contributed by atoms with van der Waals surface area (Å²) in [5, 5.41) is 3.00. The zero-order valence-electron chi connectivity index (χ0n) is 14.5. The molecule has 2 rings (SSSR count). The number of carbonyl (C=O) groups excluding carboxylic acids is 1. The van der Waals surface area contributed by atoms with Gasteiger partial charge in [0.2, 0.25) is 15.9 Å². The van der Waals surface area contributed by atoms with Crippen molar-refractivity contribution in [1.29, 1.82) is 0 Å². The largest absolute Gasteiger partial charge is 0.352 e. The van der Waals surface area contributed by atoms with Gasteiger partial charge in [-0.25, -0.2) is 12.8 Å². The summed E-state index contributed by atoms with van der Waals surface area (Å²) in [4.78, 5) is 12.1. The van der Waals surface area contributed by atoms with Gasteiger partial charge in [-0.05, 0) is 30.7 Å². The first-order valence-corrected chi connectivity index (χ1v) is 10.1. The highest BCUT2D eigenvalue weighted by Crippen LogP contribution is 2.26. The number of nitrogens with one attached hydrogen (secondary N) is 1. The van der Waals surface area contributed by atoms with Crippen LogP contribution in [0.3, 0.4) is 0 Å². The van der Waals surface area contributed by atoms with E-state index in [4.69, 9.17) is 11.6 Å². The number of nitrogens with zero attached hydrogens (tertiary/aromatic N) is 1. The van der Waals surface area contributed by atoms with Crippen LogP contribution in [0.4, 0.5) is 10.1 Å². The van der Waals surface area contributed by atoms with E-state index >= 15 is 0 Å². The molecule has 0 atom stereocenters. The number of hydrogen-bond donors (Lipinski definition) is 1. The highest BCUT2D eigenvalue weighted by molar-refractivity contribution is 7.92. The van der Waals surface area contributed by atoms with Crippen molar-refractivity contribution in [3.63, 3.8) is 0 Å². The van der Waals surface area contributed by atoms with Crippen molar-refractivity contribution in [3.8, 4) is 0 Å². The number of benzene rings is 2. The lowest BCUT2D eigenvalue weighted by molar-refractivity contribution is -0.121. The Morgan fingerprint density at radius 1 is 1.23 bits per heavy atom. The molecule has 0 heterocycles. The minimum absolute atomic E-state index is 0.0386. The fourth-order valence-electron chi connectivity index (χ4n) is 2.44. The van der Waals surface area contributed by atoms with E-state index in [9.17, 15) is 17.6 Å². The van der Waals surface area contributed by atoms with Crippen molar-refractivity contribution in [3.05, 3.63) is 64.4 Å². The van der Waals surface area contributed by atoms with E-state index in [0.29, 0.717) is 16.3 Å². The van der Waals surface area contributed by atoms with Crippen molar-refractivity contribution < 1.29 is 17.6 Å². The van der Waals surface area contributed by atoms with E-state index in [1.54, 1.807) is 43.3 Å². The number of sulfonamides is 1. The van der Waals surface area contributed by atoms with Crippen LogP contribution in [0.5, 0.6) is 0 Å². The van der Waals surface area contributed by atoms with E-state index in [1.807, 2.05) is 0 Å². The summed E-state index contributed by atoms with van der Waals surface area (Å²) in [7, 11) is -3.59. The average molecular weight is 399 g/mol. The summed E-state index contributed by atoms with van der Waals surface area (Å²) in [6.45, 7) is 1.77. The second kappa shape index (κ2) is 8.51. The van der Waals surface area contributed by atoms with Gasteiger partial charge in [-0.15, -0.1) is 0 Å². The van der Waals surface area contributed by atoms with Gasteiger partial charge in [0.15, 0.2) is 0 Å². The maximum atomic E-state index is 13.6. The average Bonchev–Trinajstić information content (AvgIpc) is 2.56. The molecule has 26 heavy (non-hydrogen) atoms. The zero-order chi connectivity index (χ0) is 19.3. The highest BCUT2D eigenvalue weighted by Gasteiger charge is 2.20. The summed E-state index contributed by atoms with van der Waals surface area (Å²) in [6.07, 6.45) is 1.01. The molecule has 2 aromatic carbocycles. The second-order valence-corrected chi connectivity index (χ2v) is 8.23. The molecule has 0 aromatic heterocycles. The fourth-order valence-corrected chi connectivity index (χ4v) is 3.59. The summed E-state index contributed by atoms with van der Waals surface area (Å²) < 4.78 is 39.0. The van der Waals surface area contributed by atoms with E-state index in [0.717, 1.165) is 16.1 Å². The van der Waals surface area contributed by atoms with Gasteiger partial charge >= 0.3 is 0 Å². The molecule has 0 fully saturated rings. The molecule has 140 valence electrons. The van der Waals surface area contributed by atoms with Gasteiger partial charge < -0.3 is 5.32 Å². The van der Waals surface area contributed by atoms with Crippen molar-refractivity contribution in [1.82, 2.24) is 5.32 Å². The lowest BCUT2D eigenvalue weighted by Gasteiger charge is -2.24. The lowest BCUT2D eigenvalue weighted by atomic mass is 10.2. The van der Waals surface area contributed by atoms with E-state index in [2.05, 4.69) is 5.32 Å². The molecule has 0 aliphatic heterocycles. The van der Waals surface area contributed by atoms with Crippen LogP contribution >= 0.6 is 11.6 Å². The predicted molar refractivity (Wildman–Crippen MR) is 101 cm³/mol. The molecule has 0 saturated carbocycles. The van der Waals surface area contributed by atoms with Crippen LogP contribution in [0.25, 0.3) is 0 Å². The first kappa shape index (κ1) is 20.2. The Hall–Kier alpha value is -2.12. The minimum Gasteiger partial charge on any atom is -0.352 e. The van der Waals surface area contributed by atoms with Crippen molar-refractivity contribution in [2.24, 2.45) is 0 Å². The molecule has 0 bridgehead atoms. The molecule has 0 aliphatic carbocycles. The Balaban J connectivity index is 2.05. The van der Waals surface area contributed by atoms with Gasteiger partial charge in [0.25, 0.3) is 0 Å². The minimum atomic E-state index is -3.59. The number of aryl methyl sites for hydroxylation is 1. The Bertz CT molecular complexity index is 903. The number of amides is 1. The van der Waals surface area contributed by atoms with Crippen LogP contribution in [0.2, 0.25) is 5.02 Å². The van der Waals surface area contributed by atoms with Gasteiger partial charge in [-0.2, -0.15) is 0 Å². The molecule has 0 radical (unpaired) electrons. The van der Waals surface area contributed by atoms with Gasteiger partial charge in [0.05, 0.1) is 11.9 Å². The van der Waals surface area contributed by atoms with Crippen LogP contribution in [-0.4, -0.2) is 27.1 Å². The number of halogens is 2. The second-order valence-electron chi connectivity index (χ2n) is 5.88. The van der Waals surface area contributed by atoms with Gasteiger partial charge in [-0.3, -0.25) is 9.10 Å². The third-order valence-corrected chi connectivity index (χ3v) is 5.23. The van der Waals surface area contributed by atoms with Crippen LogP contribution in [0, 0.1) is 12.7 Å². The van der Waals surface area contributed by atoms with E-state index in [1.165, 1.54) is 6.07 Å². The van der Waals surface area contributed by atoms with Gasteiger partial charge in [-0.1, -0.05) is 35.9 Å². The lowest BCUT2D eigenvalue weighted by Crippen LogP contribution is -2.35. The topological polar surface area (TPSA) is 66.5 Å². The number of hydrogen-bond acceptors (Lipinski definition) is 3. The van der Waals surface area contributed by atoms with Gasteiger partial charge in [0.1, 0.15) is 5.82 Å². The molecular weight excluding hydrogens is 379 g/mol. The zero-order valence-corrected chi connectivity index (χ0v) is 16.1. The summed E-state index contributed by atoms with van der Waals surface area (Å²) in [5.74, 6) is -0.776. The Labute approximate surface area is 157 Å². The van der Waals surface area contributed by atoms with Crippen molar-refractivity contribution in [2.45, 2.75) is 19.9 Å². The molecule has 1 N–H and O–H groups in total. The Kier molecular flexibility index (Phi) is 6.61. The van der Waals surface area contributed by atoms with Crippen LogP contribution in [0.1, 0.15) is 17.5 Å². The van der Waals surface area contributed by atoms with E-state index < -0.39 is 15.8 Å². The van der Waals surface area contributed by atoms with Gasteiger partial charge in [0, 0.05) is 30.1 Å². The monoisotopic (exact) mass is 398 g/mol. The molecule has 0 spiro atoms. The Morgan fingerprint density at radius 2 is 1.92 bits per heavy atom. The molecule has 0 aliphatic rings. The van der Waals surface area contributed by atoms with Crippen molar-refractivity contribution in [2.75, 3.05) is 17.1 Å². The molecule has 0 saturated heterocycles. The summed E-state index contributed by atoms with van der Waals surface area (Å²) >= 11 is 5.97. The Morgan fingerprint density at radius 3 is 2.58 bits per heavy atom. The first-order valence-electron chi connectivity index (χ1n) is 7.92. The van der Waals surface area contributed by atoms with E-state index in [-0.39, 0.29) is 25.4 Å². The molecule has 1 amide bonds. The number of anilines is 1. The summed E-state index contributed by atoms with van der Waals surface area (Å²) in [6, 6.07) is 11.1. The summed E-state index contributed by atoms with van der Waals surface area (Å²) in [5.41, 5.74) is 1.53. The van der Waals surface area contributed by atoms with Crippen LogP contribution in [0.15, 0.2) is 42.5 Å². The third-order valence-electron chi connectivity index (χ3n) is 3.82.